The minimum absolute atomic E-state index is 0.184. The molecule has 24 heavy (non-hydrogen) atoms. The lowest BCUT2D eigenvalue weighted by molar-refractivity contribution is -0.135. The summed E-state index contributed by atoms with van der Waals surface area (Å²) in [6, 6.07) is 8.96. The number of fused-ring (bicyclic) bond motifs is 2. The van der Waals surface area contributed by atoms with Crippen LogP contribution in [-0.4, -0.2) is 35.8 Å². The quantitative estimate of drug-likeness (QED) is 0.631. The lowest BCUT2D eigenvalue weighted by Gasteiger charge is -2.33. The van der Waals surface area contributed by atoms with Crippen LogP contribution in [0.1, 0.15) is 30.4 Å². The lowest BCUT2D eigenvalue weighted by atomic mass is 9.76. The zero-order valence-corrected chi connectivity index (χ0v) is 13.2. The number of imide groups is 1. The van der Waals surface area contributed by atoms with Crippen molar-refractivity contribution in [3.05, 3.63) is 35.4 Å². The summed E-state index contributed by atoms with van der Waals surface area (Å²) < 4.78 is 0. The second kappa shape index (κ2) is 6.32. The molecule has 2 N–H and O–H groups in total. The Hall–Kier alpha value is -2.88. The molecule has 2 aliphatic rings. The summed E-state index contributed by atoms with van der Waals surface area (Å²) in [5.41, 5.74) is 0.818. The van der Waals surface area contributed by atoms with Crippen molar-refractivity contribution >= 4 is 17.8 Å². The molecule has 0 radical (unpaired) electrons. The first-order valence-electron chi connectivity index (χ1n) is 7.94. The first kappa shape index (κ1) is 16.0. The van der Waals surface area contributed by atoms with E-state index in [1.54, 1.807) is 0 Å². The molecule has 1 aliphatic heterocycles. The number of carbonyl (C=O) groups is 3. The monoisotopic (exact) mass is 326 g/mol. The van der Waals surface area contributed by atoms with Crippen molar-refractivity contribution in [2.45, 2.75) is 31.2 Å². The van der Waals surface area contributed by atoms with Gasteiger partial charge in [-0.05, 0) is 30.4 Å². The van der Waals surface area contributed by atoms with Gasteiger partial charge in [-0.3, -0.25) is 14.5 Å². The summed E-state index contributed by atoms with van der Waals surface area (Å²) in [5.74, 6) is -0.829. The minimum Gasteiger partial charge on any atom is -0.354 e. The Bertz CT molecular complexity index is 740. The van der Waals surface area contributed by atoms with Crippen LogP contribution in [0, 0.1) is 11.3 Å². The van der Waals surface area contributed by atoms with Crippen molar-refractivity contribution in [2.75, 3.05) is 13.1 Å². The first-order valence-corrected chi connectivity index (χ1v) is 7.94. The van der Waals surface area contributed by atoms with Crippen LogP contribution >= 0.6 is 0 Å². The van der Waals surface area contributed by atoms with Gasteiger partial charge in [-0.1, -0.05) is 24.3 Å². The maximum atomic E-state index is 12.9. The molecule has 4 amide bonds. The molecular weight excluding hydrogens is 308 g/mol. The average molecular weight is 326 g/mol. The highest BCUT2D eigenvalue weighted by Gasteiger charge is 2.54. The fraction of sp³-hybridized carbons (Fsp3) is 0.412. The van der Waals surface area contributed by atoms with Crippen molar-refractivity contribution in [3.63, 3.8) is 0 Å². The van der Waals surface area contributed by atoms with Crippen LogP contribution in [-0.2, 0) is 21.5 Å². The highest BCUT2D eigenvalue weighted by atomic mass is 16.2. The summed E-state index contributed by atoms with van der Waals surface area (Å²) in [6.45, 7) is -0.132. The Morgan fingerprint density at radius 3 is 2.96 bits per heavy atom. The number of hydrogen-bond donors (Lipinski definition) is 2. The second-order valence-corrected chi connectivity index (χ2v) is 6.00. The van der Waals surface area contributed by atoms with Crippen LogP contribution in [0.5, 0.6) is 0 Å². The van der Waals surface area contributed by atoms with Crippen LogP contribution in [0.4, 0.5) is 4.79 Å². The van der Waals surface area contributed by atoms with Gasteiger partial charge >= 0.3 is 6.03 Å². The second-order valence-electron chi connectivity index (χ2n) is 6.00. The number of carbonyl (C=O) groups excluding carboxylic acids is 3. The summed E-state index contributed by atoms with van der Waals surface area (Å²) in [7, 11) is 0. The lowest BCUT2D eigenvalue weighted by Crippen LogP contribution is -2.47. The molecular formula is C17H18N4O3. The van der Waals surface area contributed by atoms with E-state index >= 15 is 0 Å². The highest BCUT2D eigenvalue weighted by Crippen LogP contribution is 2.39. The number of hydrogen-bond acceptors (Lipinski definition) is 4. The molecule has 1 spiro atoms. The first-order chi connectivity index (χ1) is 11.6. The van der Waals surface area contributed by atoms with Gasteiger partial charge in [0.05, 0.1) is 12.5 Å². The van der Waals surface area contributed by atoms with Crippen LogP contribution < -0.4 is 10.6 Å². The van der Waals surface area contributed by atoms with Crippen molar-refractivity contribution in [1.82, 2.24) is 15.5 Å². The van der Waals surface area contributed by atoms with Crippen LogP contribution in [0.15, 0.2) is 24.3 Å². The van der Waals surface area contributed by atoms with Crippen molar-refractivity contribution < 1.29 is 14.4 Å². The zero-order chi connectivity index (χ0) is 17.2. The normalized spacial score (nSPS) is 22.0. The minimum atomic E-state index is -1.06. The fourth-order valence-corrected chi connectivity index (χ4v) is 3.41. The number of aryl methyl sites for hydroxylation is 1. The van der Waals surface area contributed by atoms with Gasteiger partial charge in [0.1, 0.15) is 12.1 Å². The Balaban J connectivity index is 1.80. The van der Waals surface area contributed by atoms with Crippen LogP contribution in [0.2, 0.25) is 0 Å². The molecule has 3 rings (SSSR count). The van der Waals surface area contributed by atoms with E-state index in [9.17, 15) is 14.4 Å². The molecule has 1 aliphatic carbocycles. The summed E-state index contributed by atoms with van der Waals surface area (Å²) in [4.78, 5) is 38.1. The molecule has 1 atom stereocenters. The van der Waals surface area contributed by atoms with Gasteiger partial charge in [-0.25, -0.2) is 4.79 Å². The van der Waals surface area contributed by atoms with Crippen LogP contribution in [0.25, 0.3) is 0 Å². The van der Waals surface area contributed by atoms with E-state index in [1.165, 1.54) is 0 Å². The standard InChI is InChI=1S/C17H18N4O3/c18-9-4-10-19-14(22)11-21-15(23)17(20-16(21)24)8-3-6-12-5-1-2-7-13(12)17/h1-2,5,7H,3-4,6,8,10-11H2,(H,19,22)(H,20,24). The largest absolute Gasteiger partial charge is 0.354 e. The van der Waals surface area contributed by atoms with Gasteiger partial charge in [0.15, 0.2) is 0 Å². The molecule has 1 fully saturated rings. The Kier molecular flexibility index (Phi) is 4.21. The molecule has 0 aromatic heterocycles. The third kappa shape index (κ3) is 2.60. The van der Waals surface area contributed by atoms with Gasteiger partial charge < -0.3 is 10.6 Å². The Labute approximate surface area is 139 Å². The van der Waals surface area contributed by atoms with E-state index in [0.717, 1.165) is 28.9 Å². The molecule has 124 valence electrons. The predicted octanol–water partition coefficient (Wildman–Crippen LogP) is 0.800. The Morgan fingerprint density at radius 2 is 2.17 bits per heavy atom. The number of nitriles is 1. The van der Waals surface area contributed by atoms with Crippen molar-refractivity contribution in [3.8, 4) is 6.07 Å². The third-order valence-electron chi connectivity index (χ3n) is 4.51. The predicted molar refractivity (Wildman–Crippen MR) is 84.5 cm³/mol. The molecule has 7 heteroatoms. The topological polar surface area (TPSA) is 102 Å². The van der Waals surface area contributed by atoms with E-state index in [1.807, 2.05) is 30.3 Å². The molecule has 0 saturated carbocycles. The van der Waals surface area contributed by atoms with Crippen molar-refractivity contribution in [2.24, 2.45) is 0 Å². The zero-order valence-electron chi connectivity index (χ0n) is 13.2. The number of amides is 4. The number of nitrogens with one attached hydrogen (secondary N) is 2. The summed E-state index contributed by atoms with van der Waals surface area (Å²) >= 11 is 0. The molecule has 1 saturated heterocycles. The van der Waals surface area contributed by atoms with E-state index in [2.05, 4.69) is 10.6 Å². The highest BCUT2D eigenvalue weighted by molar-refractivity contribution is 6.09. The summed E-state index contributed by atoms with van der Waals surface area (Å²) in [6.07, 6.45) is 2.38. The van der Waals surface area contributed by atoms with E-state index in [4.69, 9.17) is 5.26 Å². The van der Waals surface area contributed by atoms with Gasteiger partial charge in [0.25, 0.3) is 5.91 Å². The SMILES string of the molecule is N#CCCNC(=O)CN1C(=O)NC2(CCCc3ccccc32)C1=O. The molecule has 0 bridgehead atoms. The summed E-state index contributed by atoms with van der Waals surface area (Å²) in [5, 5.41) is 13.8. The molecule has 1 aromatic rings. The third-order valence-corrected chi connectivity index (χ3v) is 4.51. The van der Waals surface area contributed by atoms with Crippen molar-refractivity contribution in [1.29, 1.82) is 5.26 Å². The number of urea groups is 1. The number of benzene rings is 1. The van der Waals surface area contributed by atoms with E-state index in [0.29, 0.717) is 6.42 Å². The fourth-order valence-electron chi connectivity index (χ4n) is 3.41. The maximum Gasteiger partial charge on any atom is 0.325 e. The van der Waals surface area contributed by atoms with Gasteiger partial charge in [-0.15, -0.1) is 0 Å². The van der Waals surface area contributed by atoms with Gasteiger partial charge in [0, 0.05) is 6.54 Å². The average Bonchev–Trinajstić information content (AvgIpc) is 2.81. The van der Waals surface area contributed by atoms with E-state index < -0.39 is 17.5 Å². The number of nitrogens with zero attached hydrogens (tertiary/aromatic N) is 2. The maximum absolute atomic E-state index is 12.9. The van der Waals surface area contributed by atoms with Gasteiger partial charge in [-0.2, -0.15) is 5.26 Å². The Morgan fingerprint density at radius 1 is 1.38 bits per heavy atom. The van der Waals surface area contributed by atoms with Gasteiger partial charge in [0.2, 0.25) is 5.91 Å². The van der Waals surface area contributed by atoms with Crippen LogP contribution in [0.3, 0.4) is 0 Å². The molecule has 1 unspecified atom stereocenters. The number of rotatable bonds is 4. The molecule has 1 aromatic carbocycles. The smallest absolute Gasteiger partial charge is 0.325 e. The van der Waals surface area contributed by atoms with E-state index in [-0.39, 0.29) is 25.4 Å². The molecule has 7 nitrogen and oxygen atoms in total. The molecule has 1 heterocycles.